The molecule has 0 aromatic rings. The van der Waals surface area contributed by atoms with Gasteiger partial charge in [0.1, 0.15) is 0 Å². The Morgan fingerprint density at radius 3 is 2.41 bits per heavy atom. The molecular weight excluding hydrogens is 206 g/mol. The minimum Gasteiger partial charge on any atom is -0.309 e. The SMILES string of the molecule is C=C(CC)CC/C=C(\C)CCCCCN(C)C. The second-order valence-electron chi connectivity index (χ2n) is 5.31. The molecule has 0 bridgehead atoms. The van der Waals surface area contributed by atoms with E-state index in [9.17, 15) is 0 Å². The second-order valence-corrected chi connectivity index (χ2v) is 5.31. The van der Waals surface area contributed by atoms with Crippen LogP contribution in [0.25, 0.3) is 0 Å². The third kappa shape index (κ3) is 11.7. The van der Waals surface area contributed by atoms with Gasteiger partial charge in [-0.3, -0.25) is 0 Å². The highest BCUT2D eigenvalue weighted by Gasteiger charge is 1.94. The average Bonchev–Trinajstić information content (AvgIpc) is 2.27. The first-order valence-electron chi connectivity index (χ1n) is 7.03. The predicted molar refractivity (Wildman–Crippen MR) is 79.4 cm³/mol. The highest BCUT2D eigenvalue weighted by Crippen LogP contribution is 2.12. The van der Waals surface area contributed by atoms with Gasteiger partial charge < -0.3 is 4.90 Å². The van der Waals surface area contributed by atoms with Crippen LogP contribution in [0.4, 0.5) is 0 Å². The molecule has 0 spiro atoms. The number of nitrogens with zero attached hydrogens (tertiary/aromatic N) is 1. The smallest absolute Gasteiger partial charge is 0.00248 e. The van der Waals surface area contributed by atoms with E-state index in [1.165, 1.54) is 44.2 Å². The number of hydrogen-bond acceptors (Lipinski definition) is 1. The van der Waals surface area contributed by atoms with Crippen LogP contribution in [0.15, 0.2) is 23.8 Å². The van der Waals surface area contributed by atoms with Gasteiger partial charge in [0.15, 0.2) is 0 Å². The predicted octanol–water partition coefficient (Wildman–Crippen LogP) is 4.80. The van der Waals surface area contributed by atoms with E-state index in [2.05, 4.69) is 45.5 Å². The molecule has 0 fully saturated rings. The first-order valence-corrected chi connectivity index (χ1v) is 7.03. The second kappa shape index (κ2) is 10.6. The van der Waals surface area contributed by atoms with Crippen LogP contribution in [-0.4, -0.2) is 25.5 Å². The number of hydrogen-bond donors (Lipinski definition) is 0. The molecule has 0 heterocycles. The highest BCUT2D eigenvalue weighted by molar-refractivity contribution is 5.01. The first kappa shape index (κ1) is 16.4. The molecule has 17 heavy (non-hydrogen) atoms. The van der Waals surface area contributed by atoms with Gasteiger partial charge in [-0.15, -0.1) is 0 Å². The van der Waals surface area contributed by atoms with E-state index >= 15 is 0 Å². The fourth-order valence-electron chi connectivity index (χ4n) is 1.81. The zero-order chi connectivity index (χ0) is 13.1. The summed E-state index contributed by atoms with van der Waals surface area (Å²) in [4.78, 5) is 2.26. The Bertz CT molecular complexity index is 226. The third-order valence-electron chi connectivity index (χ3n) is 3.17. The van der Waals surface area contributed by atoms with Gasteiger partial charge in [0.2, 0.25) is 0 Å². The molecule has 1 heteroatoms. The molecule has 0 N–H and O–H groups in total. The maximum atomic E-state index is 4.04. The highest BCUT2D eigenvalue weighted by atomic mass is 15.0. The maximum Gasteiger partial charge on any atom is -0.00248 e. The molecule has 0 aromatic heterocycles. The van der Waals surface area contributed by atoms with Gasteiger partial charge in [0.05, 0.1) is 0 Å². The fourth-order valence-corrected chi connectivity index (χ4v) is 1.81. The lowest BCUT2D eigenvalue weighted by Crippen LogP contribution is -2.12. The topological polar surface area (TPSA) is 3.24 Å². The summed E-state index contributed by atoms with van der Waals surface area (Å²) in [6, 6.07) is 0. The van der Waals surface area contributed by atoms with E-state index in [0.717, 1.165) is 12.8 Å². The van der Waals surface area contributed by atoms with Gasteiger partial charge in [-0.05, 0) is 66.1 Å². The van der Waals surface area contributed by atoms with Crippen LogP contribution in [0.1, 0.15) is 58.8 Å². The van der Waals surface area contributed by atoms with Crippen LogP contribution in [0.3, 0.4) is 0 Å². The molecule has 0 aromatic carbocycles. The molecule has 0 unspecified atom stereocenters. The van der Waals surface area contributed by atoms with Gasteiger partial charge in [0.25, 0.3) is 0 Å². The van der Waals surface area contributed by atoms with Crippen molar-refractivity contribution in [3.8, 4) is 0 Å². The van der Waals surface area contributed by atoms with Crippen LogP contribution in [-0.2, 0) is 0 Å². The zero-order valence-corrected chi connectivity index (χ0v) is 12.4. The summed E-state index contributed by atoms with van der Waals surface area (Å²) in [7, 11) is 4.29. The molecular formula is C16H31N. The van der Waals surface area contributed by atoms with E-state index < -0.39 is 0 Å². The summed E-state index contributed by atoms with van der Waals surface area (Å²) in [5.74, 6) is 0. The Morgan fingerprint density at radius 1 is 1.12 bits per heavy atom. The lowest BCUT2D eigenvalue weighted by molar-refractivity contribution is 0.391. The van der Waals surface area contributed by atoms with E-state index in [1.54, 1.807) is 5.57 Å². The quantitative estimate of drug-likeness (QED) is 0.389. The maximum absolute atomic E-state index is 4.04. The third-order valence-corrected chi connectivity index (χ3v) is 3.17. The molecule has 0 aliphatic carbocycles. The van der Waals surface area contributed by atoms with Gasteiger partial charge in [0, 0.05) is 0 Å². The first-order chi connectivity index (χ1) is 8.06. The van der Waals surface area contributed by atoms with Crippen LogP contribution in [0.2, 0.25) is 0 Å². The molecule has 0 saturated carbocycles. The summed E-state index contributed by atoms with van der Waals surface area (Å²) in [5.41, 5.74) is 2.93. The van der Waals surface area contributed by atoms with Gasteiger partial charge in [-0.25, -0.2) is 0 Å². The van der Waals surface area contributed by atoms with Gasteiger partial charge in [-0.1, -0.05) is 37.1 Å². The number of unbranched alkanes of at least 4 members (excludes halogenated alkanes) is 2. The summed E-state index contributed by atoms with van der Waals surface area (Å²) in [6.45, 7) is 9.71. The molecule has 100 valence electrons. The van der Waals surface area contributed by atoms with Crippen molar-refractivity contribution in [2.75, 3.05) is 20.6 Å². The number of rotatable bonds is 10. The molecule has 0 saturated heterocycles. The van der Waals surface area contributed by atoms with E-state index in [1.807, 2.05) is 0 Å². The van der Waals surface area contributed by atoms with Crippen molar-refractivity contribution in [3.63, 3.8) is 0 Å². The average molecular weight is 237 g/mol. The molecule has 0 amide bonds. The lowest BCUT2D eigenvalue weighted by Gasteiger charge is -2.08. The minimum atomic E-state index is 1.12. The molecule has 0 aliphatic rings. The van der Waals surface area contributed by atoms with Gasteiger partial charge >= 0.3 is 0 Å². The molecule has 0 rings (SSSR count). The van der Waals surface area contributed by atoms with Crippen molar-refractivity contribution in [3.05, 3.63) is 23.8 Å². The van der Waals surface area contributed by atoms with Crippen molar-refractivity contribution < 1.29 is 0 Å². The number of allylic oxidation sites excluding steroid dienone is 3. The Kier molecular flexibility index (Phi) is 10.2. The molecule has 0 aliphatic heterocycles. The van der Waals surface area contributed by atoms with Crippen molar-refractivity contribution in [2.45, 2.75) is 58.8 Å². The van der Waals surface area contributed by atoms with E-state index in [-0.39, 0.29) is 0 Å². The molecule has 1 nitrogen and oxygen atoms in total. The fraction of sp³-hybridized carbons (Fsp3) is 0.750. The van der Waals surface area contributed by atoms with E-state index in [4.69, 9.17) is 0 Å². The Balaban J connectivity index is 3.47. The summed E-state index contributed by atoms with van der Waals surface area (Å²) in [5, 5.41) is 0. The van der Waals surface area contributed by atoms with Gasteiger partial charge in [-0.2, -0.15) is 0 Å². The Morgan fingerprint density at radius 2 is 1.82 bits per heavy atom. The minimum absolute atomic E-state index is 1.12. The zero-order valence-electron chi connectivity index (χ0n) is 12.4. The van der Waals surface area contributed by atoms with Crippen LogP contribution in [0.5, 0.6) is 0 Å². The van der Waals surface area contributed by atoms with Crippen LogP contribution >= 0.6 is 0 Å². The summed E-state index contributed by atoms with van der Waals surface area (Å²) in [6.07, 6.45) is 11.1. The Hall–Kier alpha value is -0.560. The lowest BCUT2D eigenvalue weighted by atomic mass is 10.0. The normalized spacial score (nSPS) is 12.2. The standard InChI is InChI=1S/C16H31N/c1-6-15(2)12-10-13-16(3)11-8-7-9-14-17(4)5/h13H,2,6-12,14H2,1,3-5H3/b16-13+. The Labute approximate surface area is 109 Å². The summed E-state index contributed by atoms with van der Waals surface area (Å²) < 4.78 is 0. The summed E-state index contributed by atoms with van der Waals surface area (Å²) >= 11 is 0. The van der Waals surface area contributed by atoms with Crippen molar-refractivity contribution >= 4 is 0 Å². The van der Waals surface area contributed by atoms with Crippen molar-refractivity contribution in [1.82, 2.24) is 4.90 Å². The monoisotopic (exact) mass is 237 g/mol. The van der Waals surface area contributed by atoms with Crippen molar-refractivity contribution in [2.24, 2.45) is 0 Å². The van der Waals surface area contributed by atoms with Crippen LogP contribution < -0.4 is 0 Å². The molecule has 0 atom stereocenters. The largest absolute Gasteiger partial charge is 0.309 e. The van der Waals surface area contributed by atoms with Crippen LogP contribution in [0, 0.1) is 0 Å². The van der Waals surface area contributed by atoms with E-state index in [0.29, 0.717) is 0 Å². The van der Waals surface area contributed by atoms with Crippen molar-refractivity contribution in [1.29, 1.82) is 0 Å². The molecule has 0 radical (unpaired) electrons.